The van der Waals surface area contributed by atoms with Gasteiger partial charge in [0.2, 0.25) is 0 Å². The largest absolute Gasteiger partial charge is 0.479 e. The average Bonchev–Trinajstić information content (AvgIpc) is 2.82. The van der Waals surface area contributed by atoms with Crippen molar-refractivity contribution in [2.45, 2.75) is 12.0 Å². The van der Waals surface area contributed by atoms with Gasteiger partial charge >= 0.3 is 5.97 Å². The molecule has 102 valence electrons. The lowest BCUT2D eigenvalue weighted by atomic mass is 9.98. The fourth-order valence-electron chi connectivity index (χ4n) is 1.84. The van der Waals surface area contributed by atoms with Crippen LogP contribution in [0.15, 0.2) is 22.7 Å². The zero-order chi connectivity index (χ0) is 14.0. The molecular formula is C12H11BrClNO3S. The molecule has 1 fully saturated rings. The van der Waals surface area contributed by atoms with Gasteiger partial charge in [-0.05, 0) is 30.4 Å². The van der Waals surface area contributed by atoms with E-state index in [1.807, 2.05) is 0 Å². The normalized spacial score (nSPS) is 22.2. The van der Waals surface area contributed by atoms with Gasteiger partial charge in [-0.15, -0.1) is 0 Å². The van der Waals surface area contributed by atoms with E-state index in [2.05, 4.69) is 21.2 Å². The first kappa shape index (κ1) is 14.7. The van der Waals surface area contributed by atoms with Gasteiger partial charge in [0.1, 0.15) is 5.54 Å². The van der Waals surface area contributed by atoms with Gasteiger partial charge in [0.15, 0.2) is 0 Å². The van der Waals surface area contributed by atoms with Gasteiger partial charge < -0.3 is 10.4 Å². The van der Waals surface area contributed by atoms with E-state index in [4.69, 9.17) is 11.6 Å². The van der Waals surface area contributed by atoms with Gasteiger partial charge in [0.05, 0.1) is 10.6 Å². The van der Waals surface area contributed by atoms with Crippen LogP contribution in [0.3, 0.4) is 0 Å². The molecule has 2 N–H and O–H groups in total. The summed E-state index contributed by atoms with van der Waals surface area (Å²) in [6.45, 7) is 0. The third-order valence-corrected chi connectivity index (χ3v) is 4.97. The first-order chi connectivity index (χ1) is 8.94. The average molecular weight is 365 g/mol. The second-order valence-electron chi connectivity index (χ2n) is 4.27. The van der Waals surface area contributed by atoms with Crippen LogP contribution in [-0.2, 0) is 4.79 Å². The predicted octanol–water partition coefficient (Wildman–Crippen LogP) is 2.79. The Morgan fingerprint density at radius 2 is 2.21 bits per heavy atom. The maximum atomic E-state index is 12.2. The van der Waals surface area contributed by atoms with Crippen molar-refractivity contribution >= 4 is 51.2 Å². The summed E-state index contributed by atoms with van der Waals surface area (Å²) in [6, 6.07) is 4.89. The van der Waals surface area contributed by atoms with E-state index in [1.54, 1.807) is 18.2 Å². The minimum Gasteiger partial charge on any atom is -0.479 e. The van der Waals surface area contributed by atoms with E-state index < -0.39 is 17.4 Å². The van der Waals surface area contributed by atoms with Crippen LogP contribution in [0.4, 0.5) is 0 Å². The molecule has 1 heterocycles. The first-order valence-corrected chi connectivity index (χ1v) is 7.86. The highest BCUT2D eigenvalue weighted by atomic mass is 79.9. The summed E-state index contributed by atoms with van der Waals surface area (Å²) in [5.41, 5.74) is -0.915. The van der Waals surface area contributed by atoms with Crippen LogP contribution in [-0.4, -0.2) is 34.0 Å². The maximum absolute atomic E-state index is 12.2. The number of carboxylic acids is 1. The molecule has 0 bridgehead atoms. The van der Waals surface area contributed by atoms with E-state index >= 15 is 0 Å². The lowest BCUT2D eigenvalue weighted by molar-refractivity contribution is -0.143. The number of aliphatic carboxylic acids is 1. The van der Waals surface area contributed by atoms with Gasteiger partial charge in [-0.1, -0.05) is 27.5 Å². The number of halogens is 2. The van der Waals surface area contributed by atoms with Crippen LogP contribution >= 0.6 is 39.3 Å². The van der Waals surface area contributed by atoms with Crippen LogP contribution in [0.2, 0.25) is 5.02 Å². The van der Waals surface area contributed by atoms with E-state index in [0.717, 1.165) is 5.75 Å². The number of carboxylic acid groups (broad SMARTS) is 1. The van der Waals surface area contributed by atoms with Crippen molar-refractivity contribution < 1.29 is 14.7 Å². The summed E-state index contributed by atoms with van der Waals surface area (Å²) < 4.78 is 0.715. The Morgan fingerprint density at radius 1 is 1.47 bits per heavy atom. The standard InChI is InChI=1S/C12H11BrClNO3S/c13-7-1-2-9(14)8(5-7)10(16)15-12(11(17)18)3-4-19-6-12/h1-2,5H,3-4,6H2,(H,15,16)(H,17,18). The van der Waals surface area contributed by atoms with Crippen molar-refractivity contribution in [2.75, 3.05) is 11.5 Å². The molecule has 1 aromatic rings. The Kier molecular flexibility index (Phi) is 4.43. The summed E-state index contributed by atoms with van der Waals surface area (Å²) in [4.78, 5) is 23.6. The molecule has 1 saturated heterocycles. The molecule has 0 radical (unpaired) electrons. The number of hydrogen-bond donors (Lipinski definition) is 2. The SMILES string of the molecule is O=C(NC1(C(=O)O)CCSC1)c1cc(Br)ccc1Cl. The van der Waals surface area contributed by atoms with Gasteiger partial charge in [-0.3, -0.25) is 4.79 Å². The Labute approximate surface area is 128 Å². The summed E-state index contributed by atoms with van der Waals surface area (Å²) in [5, 5.41) is 12.2. The summed E-state index contributed by atoms with van der Waals surface area (Å²) in [7, 11) is 0. The smallest absolute Gasteiger partial charge is 0.330 e. The molecule has 1 aliphatic rings. The zero-order valence-corrected chi connectivity index (χ0v) is 12.9. The minimum absolute atomic E-state index is 0.272. The quantitative estimate of drug-likeness (QED) is 0.865. The third kappa shape index (κ3) is 3.07. The molecule has 1 aromatic carbocycles. The molecule has 2 rings (SSSR count). The van der Waals surface area contributed by atoms with Gasteiger partial charge in [0.25, 0.3) is 5.91 Å². The van der Waals surface area contributed by atoms with Gasteiger partial charge in [-0.2, -0.15) is 11.8 Å². The van der Waals surface area contributed by atoms with E-state index in [0.29, 0.717) is 21.7 Å². The second-order valence-corrected chi connectivity index (χ2v) is 6.70. The lowest BCUT2D eigenvalue weighted by Crippen LogP contribution is -2.54. The maximum Gasteiger partial charge on any atom is 0.330 e. The molecule has 19 heavy (non-hydrogen) atoms. The molecule has 0 aromatic heterocycles. The van der Waals surface area contributed by atoms with Crippen molar-refractivity contribution in [2.24, 2.45) is 0 Å². The van der Waals surface area contributed by atoms with Crippen LogP contribution < -0.4 is 5.32 Å². The number of thioether (sulfide) groups is 1. The zero-order valence-electron chi connectivity index (χ0n) is 9.78. The van der Waals surface area contributed by atoms with E-state index in [-0.39, 0.29) is 5.56 Å². The third-order valence-electron chi connectivity index (χ3n) is 2.96. The summed E-state index contributed by atoms with van der Waals surface area (Å²) >= 11 is 10.7. The van der Waals surface area contributed by atoms with Crippen molar-refractivity contribution in [3.05, 3.63) is 33.3 Å². The Balaban J connectivity index is 2.25. The van der Waals surface area contributed by atoms with Crippen molar-refractivity contribution in [1.82, 2.24) is 5.32 Å². The van der Waals surface area contributed by atoms with Crippen molar-refractivity contribution in [3.63, 3.8) is 0 Å². The predicted molar refractivity (Wildman–Crippen MR) is 78.9 cm³/mol. The summed E-state index contributed by atoms with van der Waals surface area (Å²) in [6.07, 6.45) is 0.421. The Bertz CT molecular complexity index is 532. The monoisotopic (exact) mass is 363 g/mol. The minimum atomic E-state index is -1.19. The molecule has 1 aliphatic heterocycles. The molecular weight excluding hydrogens is 354 g/mol. The number of nitrogens with one attached hydrogen (secondary N) is 1. The van der Waals surface area contributed by atoms with E-state index in [9.17, 15) is 14.7 Å². The van der Waals surface area contributed by atoms with E-state index in [1.165, 1.54) is 11.8 Å². The topological polar surface area (TPSA) is 66.4 Å². The lowest BCUT2D eigenvalue weighted by Gasteiger charge is -2.24. The molecule has 0 spiro atoms. The fourth-order valence-corrected chi connectivity index (χ4v) is 3.73. The molecule has 7 heteroatoms. The van der Waals surface area contributed by atoms with Crippen LogP contribution in [0.25, 0.3) is 0 Å². The van der Waals surface area contributed by atoms with Gasteiger partial charge in [0, 0.05) is 10.2 Å². The molecule has 1 unspecified atom stereocenters. The second kappa shape index (κ2) is 5.73. The van der Waals surface area contributed by atoms with Crippen molar-refractivity contribution in [3.8, 4) is 0 Å². The van der Waals surface area contributed by atoms with Crippen molar-refractivity contribution in [1.29, 1.82) is 0 Å². The number of carbonyl (C=O) groups excluding carboxylic acids is 1. The number of carbonyl (C=O) groups is 2. The highest BCUT2D eigenvalue weighted by Crippen LogP contribution is 2.29. The number of benzene rings is 1. The van der Waals surface area contributed by atoms with Crippen LogP contribution in [0.5, 0.6) is 0 Å². The Hall–Kier alpha value is -0.720. The van der Waals surface area contributed by atoms with Crippen LogP contribution in [0, 0.1) is 0 Å². The summed E-state index contributed by atoms with van der Waals surface area (Å²) in [5.74, 6) is -0.369. The molecule has 1 amide bonds. The first-order valence-electron chi connectivity index (χ1n) is 5.53. The molecule has 0 aliphatic carbocycles. The Morgan fingerprint density at radius 3 is 2.79 bits per heavy atom. The fraction of sp³-hybridized carbons (Fsp3) is 0.333. The number of amides is 1. The highest BCUT2D eigenvalue weighted by Gasteiger charge is 2.43. The molecule has 1 atom stereocenters. The molecule has 0 saturated carbocycles. The molecule has 4 nitrogen and oxygen atoms in total. The number of rotatable bonds is 3. The number of hydrogen-bond acceptors (Lipinski definition) is 3. The highest BCUT2D eigenvalue weighted by molar-refractivity contribution is 9.10. The van der Waals surface area contributed by atoms with Gasteiger partial charge in [-0.25, -0.2) is 4.79 Å². The van der Waals surface area contributed by atoms with Crippen LogP contribution in [0.1, 0.15) is 16.8 Å².